The second-order valence-corrected chi connectivity index (χ2v) is 8.32. The Hall–Kier alpha value is 0.0400. The van der Waals surface area contributed by atoms with Gasteiger partial charge in [-0.1, -0.05) is 43.6 Å². The molecule has 4 heteroatoms. The predicted octanol–water partition coefficient (Wildman–Crippen LogP) is 6.63. The molecule has 108 valence electrons. The summed E-state index contributed by atoms with van der Waals surface area (Å²) in [6.07, 6.45) is 1.84. The summed E-state index contributed by atoms with van der Waals surface area (Å²) in [4.78, 5) is -0.160. The average Bonchev–Trinajstić information content (AvgIpc) is 2.20. The van der Waals surface area contributed by atoms with E-state index in [0.29, 0.717) is 11.5 Å². The van der Waals surface area contributed by atoms with Crippen molar-refractivity contribution in [2.45, 2.75) is 45.4 Å². The highest BCUT2D eigenvalue weighted by atomic mass is 79.9. The Kier molecular flexibility index (Phi) is 5.99. The van der Waals surface area contributed by atoms with E-state index in [1.54, 1.807) is 0 Å². The van der Waals surface area contributed by atoms with E-state index >= 15 is 0 Å². The molecule has 0 radical (unpaired) electrons. The lowest BCUT2D eigenvalue weighted by molar-refractivity contribution is 0.296. The van der Waals surface area contributed by atoms with Gasteiger partial charge in [-0.2, -0.15) is 0 Å². The largest absolute Gasteiger partial charge is 0.207 e. The van der Waals surface area contributed by atoms with Crippen molar-refractivity contribution >= 4 is 31.9 Å². The molecular weight excluding hydrogens is 378 g/mol. The number of benzene rings is 1. The molecule has 0 saturated heterocycles. The maximum atomic E-state index is 13.8. The maximum absolute atomic E-state index is 13.8. The molecule has 0 heterocycles. The Labute approximate surface area is 131 Å². The van der Waals surface area contributed by atoms with Gasteiger partial charge in [0.25, 0.3) is 0 Å². The van der Waals surface area contributed by atoms with Crippen molar-refractivity contribution in [1.82, 2.24) is 0 Å². The third-order valence-electron chi connectivity index (χ3n) is 2.95. The van der Waals surface area contributed by atoms with E-state index in [-0.39, 0.29) is 20.5 Å². The Morgan fingerprint density at radius 3 is 2.26 bits per heavy atom. The molecule has 0 nitrogen and oxygen atoms in total. The van der Waals surface area contributed by atoms with E-state index in [4.69, 9.17) is 0 Å². The van der Waals surface area contributed by atoms with Crippen LogP contribution in [-0.2, 0) is 0 Å². The summed E-state index contributed by atoms with van der Waals surface area (Å²) in [5.41, 5.74) is 0.636. The van der Waals surface area contributed by atoms with E-state index in [0.717, 1.165) is 12.8 Å². The average molecular weight is 398 g/mol. The lowest BCUT2D eigenvalue weighted by Gasteiger charge is -2.25. The fourth-order valence-electron chi connectivity index (χ4n) is 2.39. The molecule has 0 fully saturated rings. The van der Waals surface area contributed by atoms with Crippen LogP contribution in [0.4, 0.5) is 8.78 Å². The summed E-state index contributed by atoms with van der Waals surface area (Å²) in [5.74, 6) is -0.363. The molecular formula is C15H20Br2F2. The van der Waals surface area contributed by atoms with Gasteiger partial charge in [-0.05, 0) is 52.2 Å². The van der Waals surface area contributed by atoms with Crippen molar-refractivity contribution in [3.05, 3.63) is 33.8 Å². The molecule has 0 aliphatic carbocycles. The first kappa shape index (κ1) is 17.1. The van der Waals surface area contributed by atoms with E-state index in [1.165, 1.54) is 12.1 Å². The van der Waals surface area contributed by atoms with Gasteiger partial charge in [0.05, 0.1) is 4.47 Å². The Balaban J connectivity index is 2.78. The van der Waals surface area contributed by atoms with Gasteiger partial charge >= 0.3 is 0 Å². The maximum Gasteiger partial charge on any atom is 0.137 e. The van der Waals surface area contributed by atoms with Crippen molar-refractivity contribution in [2.24, 2.45) is 11.3 Å². The number of alkyl halides is 1. The minimum absolute atomic E-state index is 0.160. The Bertz CT molecular complexity index is 439. The van der Waals surface area contributed by atoms with Crippen molar-refractivity contribution in [2.75, 3.05) is 0 Å². The molecule has 0 saturated carbocycles. The van der Waals surface area contributed by atoms with Crippen LogP contribution in [0.2, 0.25) is 0 Å². The van der Waals surface area contributed by atoms with Crippen molar-refractivity contribution in [3.8, 4) is 0 Å². The lowest BCUT2D eigenvalue weighted by atomic mass is 9.83. The highest BCUT2D eigenvalue weighted by Crippen LogP contribution is 2.37. The van der Waals surface area contributed by atoms with Crippen LogP contribution in [0, 0.1) is 23.0 Å². The van der Waals surface area contributed by atoms with Gasteiger partial charge in [0, 0.05) is 10.4 Å². The van der Waals surface area contributed by atoms with Crippen LogP contribution >= 0.6 is 31.9 Å². The molecule has 0 aromatic heterocycles. The van der Waals surface area contributed by atoms with E-state index in [1.807, 2.05) is 0 Å². The Morgan fingerprint density at radius 2 is 1.74 bits per heavy atom. The minimum atomic E-state index is -0.427. The second-order valence-electron chi connectivity index (χ2n) is 6.36. The molecule has 0 aliphatic heterocycles. The van der Waals surface area contributed by atoms with E-state index in [9.17, 15) is 8.78 Å². The summed E-state index contributed by atoms with van der Waals surface area (Å²) in [5, 5.41) is 0. The summed E-state index contributed by atoms with van der Waals surface area (Å²) in [6, 6.07) is 2.45. The quantitative estimate of drug-likeness (QED) is 0.395. The Morgan fingerprint density at radius 1 is 1.16 bits per heavy atom. The first-order valence-corrected chi connectivity index (χ1v) is 8.09. The van der Waals surface area contributed by atoms with Crippen LogP contribution in [-0.4, -0.2) is 0 Å². The zero-order valence-corrected chi connectivity index (χ0v) is 14.9. The van der Waals surface area contributed by atoms with Crippen LogP contribution in [0.25, 0.3) is 0 Å². The van der Waals surface area contributed by atoms with Gasteiger partial charge in [-0.15, -0.1) is 0 Å². The molecule has 0 bridgehead atoms. The molecule has 1 aromatic carbocycles. The molecule has 2 atom stereocenters. The SMILES string of the molecule is CC(CC(Br)c1cc(F)c(Br)cc1F)CC(C)(C)C. The van der Waals surface area contributed by atoms with Gasteiger partial charge in [-0.25, -0.2) is 8.78 Å². The smallest absolute Gasteiger partial charge is 0.137 e. The molecule has 0 N–H and O–H groups in total. The van der Waals surface area contributed by atoms with Crippen molar-refractivity contribution in [1.29, 1.82) is 0 Å². The fourth-order valence-corrected chi connectivity index (χ4v) is 3.69. The number of rotatable bonds is 4. The lowest BCUT2D eigenvalue weighted by Crippen LogP contribution is -2.12. The fraction of sp³-hybridized carbons (Fsp3) is 0.600. The van der Waals surface area contributed by atoms with Gasteiger partial charge in [0.2, 0.25) is 0 Å². The van der Waals surface area contributed by atoms with E-state index in [2.05, 4.69) is 59.6 Å². The van der Waals surface area contributed by atoms with Crippen molar-refractivity contribution < 1.29 is 8.78 Å². The predicted molar refractivity (Wildman–Crippen MR) is 83.6 cm³/mol. The van der Waals surface area contributed by atoms with E-state index < -0.39 is 5.82 Å². The third-order valence-corrected chi connectivity index (χ3v) is 4.42. The zero-order chi connectivity index (χ0) is 14.8. The number of hydrogen-bond acceptors (Lipinski definition) is 0. The molecule has 1 aromatic rings. The normalized spacial score (nSPS) is 15.4. The highest BCUT2D eigenvalue weighted by Gasteiger charge is 2.21. The van der Waals surface area contributed by atoms with Crippen LogP contribution in [0.15, 0.2) is 16.6 Å². The van der Waals surface area contributed by atoms with Crippen LogP contribution < -0.4 is 0 Å². The minimum Gasteiger partial charge on any atom is -0.207 e. The number of hydrogen-bond donors (Lipinski definition) is 0. The zero-order valence-electron chi connectivity index (χ0n) is 11.7. The van der Waals surface area contributed by atoms with Gasteiger partial charge < -0.3 is 0 Å². The van der Waals surface area contributed by atoms with Gasteiger partial charge in [-0.3, -0.25) is 0 Å². The second kappa shape index (κ2) is 6.66. The summed E-state index contributed by atoms with van der Waals surface area (Å²) >= 11 is 6.47. The summed E-state index contributed by atoms with van der Waals surface area (Å²) < 4.78 is 27.5. The third kappa shape index (κ3) is 5.50. The first-order valence-electron chi connectivity index (χ1n) is 6.38. The molecule has 0 amide bonds. The van der Waals surface area contributed by atoms with Gasteiger partial charge in [0.15, 0.2) is 0 Å². The monoisotopic (exact) mass is 396 g/mol. The van der Waals surface area contributed by atoms with Crippen LogP contribution in [0.1, 0.15) is 50.9 Å². The molecule has 0 aliphatic rings. The molecule has 2 unspecified atom stereocenters. The molecule has 19 heavy (non-hydrogen) atoms. The van der Waals surface area contributed by atoms with Crippen LogP contribution in [0.3, 0.4) is 0 Å². The first-order chi connectivity index (χ1) is 8.60. The summed E-state index contributed by atoms with van der Waals surface area (Å²) in [6.45, 7) is 8.71. The van der Waals surface area contributed by atoms with Crippen LogP contribution in [0.5, 0.6) is 0 Å². The van der Waals surface area contributed by atoms with Gasteiger partial charge in [0.1, 0.15) is 11.6 Å². The molecule has 0 spiro atoms. The van der Waals surface area contributed by atoms with Crippen molar-refractivity contribution in [3.63, 3.8) is 0 Å². The highest BCUT2D eigenvalue weighted by molar-refractivity contribution is 9.10. The molecule has 1 rings (SSSR count). The topological polar surface area (TPSA) is 0 Å². The number of halogens is 4. The standard InChI is InChI=1S/C15H20Br2F2/c1-9(8-15(2,3)4)5-11(16)10-6-14(19)12(17)7-13(10)18/h6-7,9,11H,5,8H2,1-4H3. The summed E-state index contributed by atoms with van der Waals surface area (Å²) in [7, 11) is 0.